The van der Waals surface area contributed by atoms with Gasteiger partial charge in [0.2, 0.25) is 0 Å². The molecule has 0 saturated carbocycles. The number of carbonyl (C=O) groups is 1. The van der Waals surface area contributed by atoms with Gasteiger partial charge in [0.1, 0.15) is 12.4 Å². The van der Waals surface area contributed by atoms with Crippen LogP contribution in [0.4, 0.5) is 4.39 Å². The van der Waals surface area contributed by atoms with E-state index >= 15 is 0 Å². The third-order valence-corrected chi connectivity index (χ3v) is 3.71. The van der Waals surface area contributed by atoms with Gasteiger partial charge < -0.3 is 14.2 Å². The molecule has 0 saturated heterocycles. The van der Waals surface area contributed by atoms with Crippen molar-refractivity contribution in [1.29, 1.82) is 0 Å². The normalized spacial score (nSPS) is 10.3. The zero-order chi connectivity index (χ0) is 17.5. The lowest BCUT2D eigenvalue weighted by molar-refractivity contribution is 0.0525. The molecule has 6 heteroatoms. The second-order valence-electron chi connectivity index (χ2n) is 4.85. The number of halogens is 2. The van der Waals surface area contributed by atoms with Crippen LogP contribution in [0.3, 0.4) is 0 Å². The van der Waals surface area contributed by atoms with Crippen LogP contribution in [-0.4, -0.2) is 19.2 Å². The molecule has 0 fully saturated rings. The Morgan fingerprint density at radius 2 is 1.79 bits per heavy atom. The van der Waals surface area contributed by atoms with Gasteiger partial charge in [0.15, 0.2) is 11.5 Å². The molecule has 2 aromatic rings. The third-order valence-electron chi connectivity index (χ3n) is 3.12. The molecule has 0 amide bonds. The highest BCUT2D eigenvalue weighted by atomic mass is 79.9. The van der Waals surface area contributed by atoms with Crippen LogP contribution in [0.2, 0.25) is 0 Å². The SMILES string of the molecule is CCOC(=O)c1cc(Br)c(OCc2ccc(F)cc2)c(OCC)c1. The van der Waals surface area contributed by atoms with Crippen LogP contribution in [0.25, 0.3) is 0 Å². The van der Waals surface area contributed by atoms with Crippen molar-refractivity contribution >= 4 is 21.9 Å². The zero-order valence-electron chi connectivity index (χ0n) is 13.5. The average Bonchev–Trinajstić information content (AvgIpc) is 2.56. The van der Waals surface area contributed by atoms with Crippen molar-refractivity contribution in [3.8, 4) is 11.5 Å². The Hall–Kier alpha value is -2.08. The molecule has 0 heterocycles. The Kier molecular flexibility index (Phi) is 6.61. The molecule has 0 aliphatic carbocycles. The maximum Gasteiger partial charge on any atom is 0.338 e. The van der Waals surface area contributed by atoms with E-state index in [4.69, 9.17) is 14.2 Å². The predicted molar refractivity (Wildman–Crippen MR) is 92.0 cm³/mol. The Balaban J connectivity index is 2.24. The summed E-state index contributed by atoms with van der Waals surface area (Å²) < 4.78 is 29.9. The molecule has 0 radical (unpaired) electrons. The van der Waals surface area contributed by atoms with Gasteiger partial charge in [0.25, 0.3) is 0 Å². The predicted octanol–water partition coefficient (Wildman–Crippen LogP) is 4.74. The van der Waals surface area contributed by atoms with E-state index in [0.717, 1.165) is 5.56 Å². The molecule has 0 spiro atoms. The molecule has 0 aliphatic heterocycles. The number of hydrogen-bond donors (Lipinski definition) is 0. The largest absolute Gasteiger partial charge is 0.490 e. The highest BCUT2D eigenvalue weighted by Gasteiger charge is 2.17. The summed E-state index contributed by atoms with van der Waals surface area (Å²) in [5.41, 5.74) is 1.20. The van der Waals surface area contributed by atoms with E-state index in [1.54, 1.807) is 31.2 Å². The average molecular weight is 397 g/mol. The Morgan fingerprint density at radius 1 is 1.08 bits per heavy atom. The fourth-order valence-corrected chi connectivity index (χ4v) is 2.60. The molecule has 128 valence electrons. The minimum atomic E-state index is -0.427. The minimum absolute atomic E-state index is 0.248. The first kappa shape index (κ1) is 18.3. The molecular formula is C18H18BrFO4. The molecule has 0 atom stereocenters. The van der Waals surface area contributed by atoms with Crippen molar-refractivity contribution in [2.45, 2.75) is 20.5 Å². The van der Waals surface area contributed by atoms with E-state index in [-0.39, 0.29) is 12.4 Å². The van der Waals surface area contributed by atoms with Crippen molar-refractivity contribution in [2.75, 3.05) is 13.2 Å². The van der Waals surface area contributed by atoms with Gasteiger partial charge in [-0.3, -0.25) is 0 Å². The fourth-order valence-electron chi connectivity index (χ4n) is 2.04. The maximum atomic E-state index is 12.9. The number of rotatable bonds is 7. The lowest BCUT2D eigenvalue weighted by atomic mass is 10.2. The number of hydrogen-bond acceptors (Lipinski definition) is 4. The molecule has 0 aromatic heterocycles. The first-order valence-electron chi connectivity index (χ1n) is 7.55. The van der Waals surface area contributed by atoms with E-state index in [1.807, 2.05) is 6.92 Å². The molecule has 0 aliphatic rings. The molecule has 0 unspecified atom stereocenters. The van der Waals surface area contributed by atoms with Crippen LogP contribution in [0.15, 0.2) is 40.9 Å². The summed E-state index contributed by atoms with van der Waals surface area (Å²) in [5, 5.41) is 0. The first-order valence-corrected chi connectivity index (χ1v) is 8.35. The van der Waals surface area contributed by atoms with Gasteiger partial charge in [-0.05, 0) is 59.6 Å². The lowest BCUT2D eigenvalue weighted by Gasteiger charge is -2.15. The summed E-state index contributed by atoms with van der Waals surface area (Å²) in [4.78, 5) is 11.9. The van der Waals surface area contributed by atoms with Gasteiger partial charge in [-0.1, -0.05) is 12.1 Å². The molecule has 2 rings (SSSR count). The van der Waals surface area contributed by atoms with Crippen molar-refractivity contribution in [3.05, 3.63) is 57.8 Å². The van der Waals surface area contributed by atoms with E-state index in [9.17, 15) is 9.18 Å². The highest BCUT2D eigenvalue weighted by Crippen LogP contribution is 2.37. The quantitative estimate of drug-likeness (QED) is 0.633. The van der Waals surface area contributed by atoms with Crippen molar-refractivity contribution in [1.82, 2.24) is 0 Å². The summed E-state index contributed by atoms with van der Waals surface area (Å²) >= 11 is 3.40. The standard InChI is InChI=1S/C18H18BrFO4/c1-3-22-16-10-13(18(21)23-4-2)9-15(19)17(16)24-11-12-5-7-14(20)8-6-12/h5-10H,3-4,11H2,1-2H3. The Bertz CT molecular complexity index is 701. The summed E-state index contributed by atoms with van der Waals surface area (Å²) in [5.74, 6) is 0.198. The molecule has 2 aromatic carbocycles. The lowest BCUT2D eigenvalue weighted by Crippen LogP contribution is -2.07. The van der Waals surface area contributed by atoms with Crippen LogP contribution >= 0.6 is 15.9 Å². The van der Waals surface area contributed by atoms with E-state index in [1.165, 1.54) is 12.1 Å². The van der Waals surface area contributed by atoms with Gasteiger partial charge in [-0.15, -0.1) is 0 Å². The third kappa shape index (κ3) is 4.71. The molecule has 0 bridgehead atoms. The second-order valence-corrected chi connectivity index (χ2v) is 5.71. The number of esters is 1. The van der Waals surface area contributed by atoms with Gasteiger partial charge in [0.05, 0.1) is 23.2 Å². The minimum Gasteiger partial charge on any atom is -0.490 e. The van der Waals surface area contributed by atoms with Crippen LogP contribution in [0, 0.1) is 5.82 Å². The van der Waals surface area contributed by atoms with Crippen LogP contribution in [-0.2, 0) is 11.3 Å². The van der Waals surface area contributed by atoms with Crippen LogP contribution in [0.5, 0.6) is 11.5 Å². The van der Waals surface area contributed by atoms with Crippen LogP contribution < -0.4 is 9.47 Å². The number of benzene rings is 2. The summed E-state index contributed by atoms with van der Waals surface area (Å²) in [6, 6.07) is 9.27. The zero-order valence-corrected chi connectivity index (χ0v) is 15.1. The summed E-state index contributed by atoms with van der Waals surface area (Å²) in [6.07, 6.45) is 0. The van der Waals surface area contributed by atoms with Crippen molar-refractivity contribution in [3.63, 3.8) is 0 Å². The van der Waals surface area contributed by atoms with Crippen molar-refractivity contribution < 1.29 is 23.4 Å². The first-order chi connectivity index (χ1) is 11.5. The summed E-state index contributed by atoms with van der Waals surface area (Å²) in [6.45, 7) is 4.55. The highest BCUT2D eigenvalue weighted by molar-refractivity contribution is 9.10. The van der Waals surface area contributed by atoms with Gasteiger partial charge in [-0.2, -0.15) is 0 Å². The summed E-state index contributed by atoms with van der Waals surface area (Å²) in [7, 11) is 0. The smallest absolute Gasteiger partial charge is 0.338 e. The molecular weight excluding hydrogens is 379 g/mol. The molecule has 4 nitrogen and oxygen atoms in total. The van der Waals surface area contributed by atoms with Gasteiger partial charge in [0, 0.05) is 0 Å². The van der Waals surface area contributed by atoms with Gasteiger partial charge >= 0.3 is 5.97 Å². The van der Waals surface area contributed by atoms with Gasteiger partial charge in [-0.25, -0.2) is 9.18 Å². The number of carbonyl (C=O) groups excluding carboxylic acids is 1. The van der Waals surface area contributed by atoms with Crippen molar-refractivity contribution in [2.24, 2.45) is 0 Å². The van der Waals surface area contributed by atoms with E-state index < -0.39 is 5.97 Å². The maximum absolute atomic E-state index is 12.9. The van der Waals surface area contributed by atoms with Crippen LogP contribution in [0.1, 0.15) is 29.8 Å². The number of ether oxygens (including phenoxy) is 3. The fraction of sp³-hybridized carbons (Fsp3) is 0.278. The Labute approximate surface area is 148 Å². The monoisotopic (exact) mass is 396 g/mol. The van der Waals surface area contributed by atoms with E-state index in [0.29, 0.717) is 34.7 Å². The second kappa shape index (κ2) is 8.68. The topological polar surface area (TPSA) is 44.8 Å². The van der Waals surface area contributed by atoms with E-state index in [2.05, 4.69) is 15.9 Å². The molecule has 0 N–H and O–H groups in total. The molecule has 24 heavy (non-hydrogen) atoms. The Morgan fingerprint density at radius 3 is 2.42 bits per heavy atom.